The van der Waals surface area contributed by atoms with Gasteiger partial charge in [0.05, 0.1) is 12.2 Å². The van der Waals surface area contributed by atoms with Gasteiger partial charge < -0.3 is 15.0 Å². The molecule has 174 valence electrons. The van der Waals surface area contributed by atoms with E-state index in [2.05, 4.69) is 36.2 Å². The van der Waals surface area contributed by atoms with E-state index in [1.54, 1.807) is 0 Å². The van der Waals surface area contributed by atoms with Gasteiger partial charge in [-0.25, -0.2) is 0 Å². The van der Waals surface area contributed by atoms with Crippen LogP contribution in [-0.2, 0) is 9.59 Å². The first-order valence-corrected chi connectivity index (χ1v) is 12.0. The van der Waals surface area contributed by atoms with Gasteiger partial charge in [-0.2, -0.15) is 0 Å². The summed E-state index contributed by atoms with van der Waals surface area (Å²) in [7, 11) is 0. The van der Waals surface area contributed by atoms with Crippen LogP contribution in [0.2, 0.25) is 0 Å². The number of carbonyl (C=O) groups excluding carboxylic acids is 2. The van der Waals surface area contributed by atoms with Crippen molar-refractivity contribution >= 4 is 28.8 Å². The van der Waals surface area contributed by atoms with Crippen molar-refractivity contribution in [1.29, 1.82) is 0 Å². The topological polar surface area (TPSA) is 61.9 Å². The molecule has 2 aliphatic heterocycles. The third-order valence-electron chi connectivity index (χ3n) is 6.39. The van der Waals surface area contributed by atoms with Crippen LogP contribution in [0, 0.1) is 5.92 Å². The molecule has 2 aromatic rings. The highest BCUT2D eigenvalue weighted by Crippen LogP contribution is 2.32. The Bertz CT molecular complexity index is 1020. The SMILES string of the molecule is CCCOc1ccc(C2=C(Nc3ccc(N4CCC(C)CC4)cc3)C(=O)N(CC)C2=O)cc1. The number of rotatable bonds is 8. The summed E-state index contributed by atoms with van der Waals surface area (Å²) in [5, 5.41) is 3.24. The first kappa shape index (κ1) is 22.9. The number of benzene rings is 2. The molecule has 0 aliphatic carbocycles. The first-order valence-electron chi connectivity index (χ1n) is 12.0. The zero-order valence-electron chi connectivity index (χ0n) is 19.8. The Kier molecular flexibility index (Phi) is 7.02. The highest BCUT2D eigenvalue weighted by molar-refractivity contribution is 6.36. The van der Waals surface area contributed by atoms with E-state index in [-0.39, 0.29) is 11.8 Å². The zero-order valence-corrected chi connectivity index (χ0v) is 19.8. The molecule has 0 aromatic heterocycles. The number of nitrogens with one attached hydrogen (secondary N) is 1. The second kappa shape index (κ2) is 10.1. The van der Waals surface area contributed by atoms with Gasteiger partial charge in [-0.1, -0.05) is 26.0 Å². The molecule has 1 N–H and O–H groups in total. The van der Waals surface area contributed by atoms with Gasteiger partial charge in [-0.05, 0) is 74.1 Å². The average Bonchev–Trinajstić information content (AvgIpc) is 3.07. The van der Waals surface area contributed by atoms with Crippen molar-refractivity contribution in [3.63, 3.8) is 0 Å². The van der Waals surface area contributed by atoms with Crippen molar-refractivity contribution in [2.75, 3.05) is 36.5 Å². The maximum Gasteiger partial charge on any atom is 0.278 e. The molecule has 2 aliphatic rings. The van der Waals surface area contributed by atoms with E-state index >= 15 is 0 Å². The lowest BCUT2D eigenvalue weighted by Gasteiger charge is -2.32. The molecule has 0 unspecified atom stereocenters. The molecule has 0 radical (unpaired) electrons. The number of anilines is 2. The number of piperidine rings is 1. The van der Waals surface area contributed by atoms with E-state index in [0.29, 0.717) is 30.0 Å². The van der Waals surface area contributed by atoms with Crippen LogP contribution in [0.4, 0.5) is 11.4 Å². The Balaban J connectivity index is 1.58. The fraction of sp³-hybridized carbons (Fsp3) is 0.407. The fourth-order valence-corrected chi connectivity index (χ4v) is 4.35. The number of nitrogens with zero attached hydrogens (tertiary/aromatic N) is 2. The van der Waals surface area contributed by atoms with Crippen molar-refractivity contribution in [2.24, 2.45) is 5.92 Å². The van der Waals surface area contributed by atoms with Crippen molar-refractivity contribution in [2.45, 2.75) is 40.0 Å². The summed E-state index contributed by atoms with van der Waals surface area (Å²) >= 11 is 0. The van der Waals surface area contributed by atoms with Crippen LogP contribution in [0.25, 0.3) is 5.57 Å². The Labute approximate surface area is 196 Å². The summed E-state index contributed by atoms with van der Waals surface area (Å²) in [6, 6.07) is 15.5. The standard InChI is InChI=1S/C27H33N3O3/c1-4-18-33-23-12-6-20(7-13-23)24-25(27(32)30(5-2)26(24)31)28-21-8-10-22(11-9-21)29-16-14-19(3)15-17-29/h6-13,19,28H,4-5,14-18H2,1-3H3. The molecule has 6 nitrogen and oxygen atoms in total. The van der Waals surface area contributed by atoms with Gasteiger partial charge >= 0.3 is 0 Å². The molecule has 0 saturated carbocycles. The predicted octanol–water partition coefficient (Wildman–Crippen LogP) is 4.92. The van der Waals surface area contributed by atoms with Crippen molar-refractivity contribution in [1.82, 2.24) is 4.90 Å². The van der Waals surface area contributed by atoms with E-state index in [1.807, 2.05) is 43.3 Å². The molecule has 33 heavy (non-hydrogen) atoms. The van der Waals surface area contributed by atoms with Gasteiger partial charge in [0.1, 0.15) is 11.4 Å². The lowest BCUT2D eigenvalue weighted by atomic mass is 9.99. The molecular weight excluding hydrogens is 414 g/mol. The summed E-state index contributed by atoms with van der Waals surface area (Å²) < 4.78 is 5.65. The summed E-state index contributed by atoms with van der Waals surface area (Å²) in [5.41, 5.74) is 3.41. The number of ether oxygens (including phenoxy) is 1. The van der Waals surface area contributed by atoms with Gasteiger partial charge in [-0.3, -0.25) is 14.5 Å². The third kappa shape index (κ3) is 4.90. The Morgan fingerprint density at radius 3 is 2.21 bits per heavy atom. The van der Waals surface area contributed by atoms with Gasteiger partial charge in [0.15, 0.2) is 0 Å². The molecule has 1 fully saturated rings. The number of carbonyl (C=O) groups is 2. The summed E-state index contributed by atoms with van der Waals surface area (Å²) in [5.74, 6) is 0.971. The molecule has 4 rings (SSSR count). The molecule has 1 saturated heterocycles. The minimum absolute atomic E-state index is 0.272. The minimum atomic E-state index is -0.294. The largest absolute Gasteiger partial charge is 0.494 e. The maximum absolute atomic E-state index is 13.1. The van der Waals surface area contributed by atoms with Crippen LogP contribution in [0.15, 0.2) is 54.2 Å². The van der Waals surface area contributed by atoms with Crippen molar-refractivity contribution in [3.8, 4) is 5.75 Å². The summed E-state index contributed by atoms with van der Waals surface area (Å²) in [6.45, 7) is 9.28. The van der Waals surface area contributed by atoms with Crippen LogP contribution in [0.3, 0.4) is 0 Å². The van der Waals surface area contributed by atoms with Gasteiger partial charge in [0.25, 0.3) is 11.8 Å². The summed E-state index contributed by atoms with van der Waals surface area (Å²) in [4.78, 5) is 29.8. The second-order valence-electron chi connectivity index (χ2n) is 8.82. The molecule has 0 atom stereocenters. The molecule has 2 heterocycles. The third-order valence-corrected chi connectivity index (χ3v) is 6.39. The predicted molar refractivity (Wildman–Crippen MR) is 132 cm³/mol. The molecule has 2 aromatic carbocycles. The lowest BCUT2D eigenvalue weighted by molar-refractivity contribution is -0.136. The van der Waals surface area contributed by atoms with E-state index in [1.165, 1.54) is 23.4 Å². The monoisotopic (exact) mass is 447 g/mol. The van der Waals surface area contributed by atoms with Crippen LogP contribution in [-0.4, -0.2) is 43.0 Å². The zero-order chi connectivity index (χ0) is 23.4. The molecule has 0 bridgehead atoms. The smallest absolute Gasteiger partial charge is 0.278 e. The normalized spacial score (nSPS) is 17.2. The second-order valence-corrected chi connectivity index (χ2v) is 8.82. The minimum Gasteiger partial charge on any atom is -0.494 e. The number of amides is 2. The van der Waals surface area contributed by atoms with E-state index in [9.17, 15) is 9.59 Å². The van der Waals surface area contributed by atoms with Crippen molar-refractivity contribution < 1.29 is 14.3 Å². The van der Waals surface area contributed by atoms with Crippen molar-refractivity contribution in [3.05, 3.63) is 59.8 Å². The average molecular weight is 448 g/mol. The molecule has 2 amide bonds. The fourth-order valence-electron chi connectivity index (χ4n) is 4.35. The Morgan fingerprint density at radius 1 is 0.939 bits per heavy atom. The summed E-state index contributed by atoms with van der Waals surface area (Å²) in [6.07, 6.45) is 3.35. The number of likely N-dealkylation sites (N-methyl/N-ethyl adjacent to an activating group) is 1. The van der Waals surface area contributed by atoms with Gasteiger partial charge in [0, 0.05) is 31.0 Å². The maximum atomic E-state index is 13.1. The number of hydrogen-bond donors (Lipinski definition) is 1. The van der Waals surface area contributed by atoms with Crippen LogP contribution >= 0.6 is 0 Å². The van der Waals surface area contributed by atoms with Gasteiger partial charge in [0.2, 0.25) is 0 Å². The number of hydrogen-bond acceptors (Lipinski definition) is 5. The molecule has 0 spiro atoms. The Morgan fingerprint density at radius 2 is 1.61 bits per heavy atom. The first-order chi connectivity index (χ1) is 16.0. The van der Waals surface area contributed by atoms with Crippen LogP contribution < -0.4 is 15.0 Å². The highest BCUT2D eigenvalue weighted by atomic mass is 16.5. The molecule has 6 heteroatoms. The van der Waals surface area contributed by atoms with Crippen LogP contribution in [0.5, 0.6) is 5.75 Å². The molecular formula is C27H33N3O3. The van der Waals surface area contributed by atoms with Crippen LogP contribution in [0.1, 0.15) is 45.6 Å². The Hall–Kier alpha value is -3.28. The lowest BCUT2D eigenvalue weighted by Crippen LogP contribution is -2.32. The van der Waals surface area contributed by atoms with E-state index in [0.717, 1.165) is 36.9 Å². The number of imide groups is 1. The highest BCUT2D eigenvalue weighted by Gasteiger charge is 2.38. The van der Waals surface area contributed by atoms with E-state index in [4.69, 9.17) is 4.74 Å². The van der Waals surface area contributed by atoms with Gasteiger partial charge in [-0.15, -0.1) is 0 Å². The van der Waals surface area contributed by atoms with E-state index < -0.39 is 0 Å². The quantitative estimate of drug-likeness (QED) is 0.582.